The normalized spacial score (nSPS) is 24.1. The molecule has 1 aromatic carbocycles. The molecule has 0 spiro atoms. The molecular weight excluding hydrogens is 260 g/mol. The van der Waals surface area contributed by atoms with Gasteiger partial charge < -0.3 is 4.74 Å². The van der Waals surface area contributed by atoms with Crippen molar-refractivity contribution in [2.45, 2.75) is 38.0 Å². The molecule has 1 aliphatic rings. The van der Waals surface area contributed by atoms with E-state index >= 15 is 0 Å². The lowest BCUT2D eigenvalue weighted by molar-refractivity contribution is 0.156. The summed E-state index contributed by atoms with van der Waals surface area (Å²) in [4.78, 5) is 0. The summed E-state index contributed by atoms with van der Waals surface area (Å²) in [6, 6.07) is 9.92. The van der Waals surface area contributed by atoms with Crippen molar-refractivity contribution in [3.8, 4) is 0 Å². The maximum absolute atomic E-state index is 11.8. The van der Waals surface area contributed by atoms with Gasteiger partial charge in [0.05, 0.1) is 17.3 Å². The van der Waals surface area contributed by atoms with Gasteiger partial charge in [-0.3, -0.25) is 0 Å². The van der Waals surface area contributed by atoms with E-state index in [1.165, 1.54) is 0 Å². The topological polar surface area (TPSA) is 43.4 Å². The van der Waals surface area contributed by atoms with Crippen LogP contribution >= 0.6 is 0 Å². The van der Waals surface area contributed by atoms with E-state index in [2.05, 4.69) is 0 Å². The van der Waals surface area contributed by atoms with Crippen molar-refractivity contribution in [3.63, 3.8) is 0 Å². The van der Waals surface area contributed by atoms with Crippen molar-refractivity contribution < 1.29 is 13.2 Å². The molecule has 1 fully saturated rings. The molecule has 0 bridgehead atoms. The first-order valence-corrected chi connectivity index (χ1v) is 8.31. The van der Waals surface area contributed by atoms with Gasteiger partial charge in [0.25, 0.3) is 0 Å². The molecule has 2 rings (SSSR count). The fourth-order valence-corrected chi connectivity index (χ4v) is 4.46. The van der Waals surface area contributed by atoms with Gasteiger partial charge in [0.15, 0.2) is 9.84 Å². The average molecular weight is 280 g/mol. The predicted octanol–water partition coefficient (Wildman–Crippen LogP) is 3.03. The van der Waals surface area contributed by atoms with E-state index in [1.807, 2.05) is 44.2 Å². The molecule has 19 heavy (non-hydrogen) atoms. The third-order valence-electron chi connectivity index (χ3n) is 3.59. The van der Waals surface area contributed by atoms with Crippen LogP contribution in [0.1, 0.15) is 32.3 Å². The predicted molar refractivity (Wildman–Crippen MR) is 77.4 cm³/mol. The first kappa shape index (κ1) is 14.1. The number of benzene rings is 1. The van der Waals surface area contributed by atoms with Gasteiger partial charge in [-0.1, -0.05) is 30.3 Å². The summed E-state index contributed by atoms with van der Waals surface area (Å²) in [5, 5.41) is -0.354. The molecule has 0 saturated carbocycles. The molecular formula is C15H20O3S. The Bertz CT molecular complexity index is 546. The molecule has 3 nitrogen and oxygen atoms in total. The molecule has 4 heteroatoms. The zero-order chi connectivity index (χ0) is 13.9. The van der Waals surface area contributed by atoms with Crippen molar-refractivity contribution in [1.29, 1.82) is 0 Å². The van der Waals surface area contributed by atoms with Crippen LogP contribution in [0.3, 0.4) is 0 Å². The van der Waals surface area contributed by atoms with Crippen LogP contribution in [0.25, 0.3) is 5.57 Å². The number of sulfone groups is 1. The largest absolute Gasteiger partial charge is 0.497 e. The van der Waals surface area contributed by atoms with Gasteiger partial charge in [-0.05, 0) is 37.8 Å². The van der Waals surface area contributed by atoms with Crippen molar-refractivity contribution in [3.05, 3.63) is 42.2 Å². The number of ether oxygens (including phenoxy) is 1. The summed E-state index contributed by atoms with van der Waals surface area (Å²) in [6.45, 7) is 3.80. The lowest BCUT2D eigenvalue weighted by Crippen LogP contribution is -2.29. The van der Waals surface area contributed by atoms with E-state index in [0.29, 0.717) is 12.2 Å². The van der Waals surface area contributed by atoms with Crippen LogP contribution in [0.15, 0.2) is 36.6 Å². The SMILES string of the molecule is C/C(=C/OC(C)C1CCCS1(=O)=O)c1ccccc1. The van der Waals surface area contributed by atoms with Crippen LogP contribution < -0.4 is 0 Å². The Labute approximate surface area is 115 Å². The molecule has 2 unspecified atom stereocenters. The smallest absolute Gasteiger partial charge is 0.156 e. The molecule has 0 amide bonds. The molecule has 0 radical (unpaired) electrons. The lowest BCUT2D eigenvalue weighted by Gasteiger charge is -2.18. The first-order valence-electron chi connectivity index (χ1n) is 6.60. The van der Waals surface area contributed by atoms with Crippen LogP contribution in [0, 0.1) is 0 Å². The van der Waals surface area contributed by atoms with Crippen molar-refractivity contribution >= 4 is 15.4 Å². The molecule has 104 valence electrons. The van der Waals surface area contributed by atoms with Crippen molar-refractivity contribution in [2.24, 2.45) is 0 Å². The minimum Gasteiger partial charge on any atom is -0.497 e. The molecule has 0 aromatic heterocycles. The standard InChI is InChI=1S/C15H20O3S/c1-12(14-7-4-3-5-8-14)11-18-13(2)15-9-6-10-19(15,16)17/h3-5,7-8,11,13,15H,6,9-10H2,1-2H3/b12-11-. The highest BCUT2D eigenvalue weighted by atomic mass is 32.2. The highest BCUT2D eigenvalue weighted by Gasteiger charge is 2.36. The van der Waals surface area contributed by atoms with Gasteiger partial charge in [0, 0.05) is 0 Å². The third-order valence-corrected chi connectivity index (χ3v) is 5.99. The van der Waals surface area contributed by atoms with Gasteiger partial charge in [0.2, 0.25) is 0 Å². The summed E-state index contributed by atoms with van der Waals surface area (Å²) >= 11 is 0. The molecule has 0 aliphatic carbocycles. The van der Waals surface area contributed by atoms with Gasteiger partial charge in [-0.15, -0.1) is 0 Å². The maximum Gasteiger partial charge on any atom is 0.156 e. The number of allylic oxidation sites excluding steroid dienone is 1. The Morgan fingerprint density at radius 3 is 2.63 bits per heavy atom. The van der Waals surface area contributed by atoms with E-state index in [-0.39, 0.29) is 11.4 Å². The van der Waals surface area contributed by atoms with E-state index in [0.717, 1.165) is 17.6 Å². The highest BCUT2D eigenvalue weighted by molar-refractivity contribution is 7.92. The number of hydrogen-bond acceptors (Lipinski definition) is 3. The summed E-state index contributed by atoms with van der Waals surface area (Å²) in [7, 11) is -2.95. The molecule has 2 atom stereocenters. The molecule has 1 saturated heterocycles. The highest BCUT2D eigenvalue weighted by Crippen LogP contribution is 2.25. The van der Waals surface area contributed by atoms with Crippen LogP contribution in [0.2, 0.25) is 0 Å². The molecule has 1 heterocycles. The number of rotatable bonds is 4. The molecule has 1 aromatic rings. The average Bonchev–Trinajstić information content (AvgIpc) is 2.76. The van der Waals surface area contributed by atoms with Gasteiger partial charge in [-0.2, -0.15) is 0 Å². The second kappa shape index (κ2) is 5.78. The first-order chi connectivity index (χ1) is 9.00. The van der Waals surface area contributed by atoms with Crippen LogP contribution in [0.4, 0.5) is 0 Å². The Kier molecular flexibility index (Phi) is 4.30. The van der Waals surface area contributed by atoms with E-state index in [4.69, 9.17) is 4.74 Å². The monoisotopic (exact) mass is 280 g/mol. The van der Waals surface area contributed by atoms with E-state index < -0.39 is 9.84 Å². The Morgan fingerprint density at radius 2 is 2.05 bits per heavy atom. The Morgan fingerprint density at radius 1 is 1.37 bits per heavy atom. The third kappa shape index (κ3) is 3.38. The Hall–Kier alpha value is -1.29. The molecule has 0 N–H and O–H groups in total. The van der Waals surface area contributed by atoms with Crippen LogP contribution in [-0.4, -0.2) is 25.5 Å². The van der Waals surface area contributed by atoms with Gasteiger partial charge in [0.1, 0.15) is 6.10 Å². The lowest BCUT2D eigenvalue weighted by atomic mass is 10.1. The zero-order valence-electron chi connectivity index (χ0n) is 11.4. The quantitative estimate of drug-likeness (QED) is 0.796. The summed E-state index contributed by atoms with van der Waals surface area (Å²) in [6.07, 6.45) is 2.85. The summed E-state index contributed by atoms with van der Waals surface area (Å²) in [5.74, 6) is 0.298. The molecule has 1 aliphatic heterocycles. The fourth-order valence-electron chi connectivity index (χ4n) is 2.41. The van der Waals surface area contributed by atoms with Gasteiger partial charge in [-0.25, -0.2) is 8.42 Å². The minimum atomic E-state index is -2.95. The van der Waals surface area contributed by atoms with Crippen LogP contribution in [-0.2, 0) is 14.6 Å². The van der Waals surface area contributed by atoms with Gasteiger partial charge >= 0.3 is 0 Å². The zero-order valence-corrected chi connectivity index (χ0v) is 12.2. The van der Waals surface area contributed by atoms with Crippen molar-refractivity contribution in [2.75, 3.05) is 5.75 Å². The number of hydrogen-bond donors (Lipinski definition) is 0. The van der Waals surface area contributed by atoms with E-state index in [9.17, 15) is 8.42 Å². The van der Waals surface area contributed by atoms with Crippen molar-refractivity contribution in [1.82, 2.24) is 0 Å². The van der Waals surface area contributed by atoms with E-state index in [1.54, 1.807) is 6.26 Å². The second-order valence-electron chi connectivity index (χ2n) is 5.06. The fraction of sp³-hybridized carbons (Fsp3) is 0.467. The minimum absolute atomic E-state index is 0.286. The summed E-state index contributed by atoms with van der Waals surface area (Å²) in [5.41, 5.74) is 2.09. The Balaban J connectivity index is 2.02. The summed E-state index contributed by atoms with van der Waals surface area (Å²) < 4.78 is 29.3. The maximum atomic E-state index is 11.8. The van der Waals surface area contributed by atoms with Crippen LogP contribution in [0.5, 0.6) is 0 Å². The second-order valence-corrected chi connectivity index (χ2v) is 7.40.